The minimum absolute atomic E-state index is 0.121. The van der Waals surface area contributed by atoms with Gasteiger partial charge >= 0.3 is 0 Å². The van der Waals surface area contributed by atoms with Crippen LogP contribution in [-0.4, -0.2) is 54.6 Å². The van der Waals surface area contributed by atoms with Gasteiger partial charge in [0.2, 0.25) is 0 Å². The molecular formula is C19H19N5O2. The second-order valence-corrected chi connectivity index (χ2v) is 6.63. The van der Waals surface area contributed by atoms with Gasteiger partial charge in [-0.2, -0.15) is 0 Å². The summed E-state index contributed by atoms with van der Waals surface area (Å²) in [6, 6.07) is 11.7. The second-order valence-electron chi connectivity index (χ2n) is 6.63. The molecule has 0 saturated carbocycles. The van der Waals surface area contributed by atoms with Crippen LogP contribution in [0.3, 0.4) is 0 Å². The van der Waals surface area contributed by atoms with E-state index in [9.17, 15) is 9.90 Å². The van der Waals surface area contributed by atoms with E-state index in [1.165, 1.54) is 0 Å². The van der Waals surface area contributed by atoms with Gasteiger partial charge in [0.25, 0.3) is 5.91 Å². The fourth-order valence-electron chi connectivity index (χ4n) is 3.31. The molecule has 3 heterocycles. The highest BCUT2D eigenvalue weighted by Gasteiger charge is 2.39. The third-order valence-corrected chi connectivity index (χ3v) is 4.64. The molecule has 3 aromatic rings. The van der Waals surface area contributed by atoms with Crippen molar-refractivity contribution < 1.29 is 9.90 Å². The molecule has 1 N–H and O–H groups in total. The van der Waals surface area contributed by atoms with Gasteiger partial charge in [-0.05, 0) is 18.1 Å². The fraction of sp³-hybridized carbons (Fsp3) is 0.263. The van der Waals surface area contributed by atoms with Crippen LogP contribution in [0.4, 0.5) is 0 Å². The first kappa shape index (κ1) is 16.4. The van der Waals surface area contributed by atoms with E-state index in [1.807, 2.05) is 36.4 Å². The quantitative estimate of drug-likeness (QED) is 0.774. The van der Waals surface area contributed by atoms with Crippen molar-refractivity contribution in [2.75, 3.05) is 13.1 Å². The average Bonchev–Trinajstić information content (AvgIpc) is 3.32. The van der Waals surface area contributed by atoms with Gasteiger partial charge in [0.15, 0.2) is 0 Å². The predicted molar refractivity (Wildman–Crippen MR) is 95.2 cm³/mol. The Morgan fingerprint density at radius 3 is 2.81 bits per heavy atom. The van der Waals surface area contributed by atoms with Crippen molar-refractivity contribution in [2.24, 2.45) is 0 Å². The van der Waals surface area contributed by atoms with Crippen LogP contribution in [0.5, 0.6) is 0 Å². The van der Waals surface area contributed by atoms with E-state index in [2.05, 4.69) is 15.3 Å². The summed E-state index contributed by atoms with van der Waals surface area (Å²) < 4.78 is 1.59. The largest absolute Gasteiger partial charge is 0.386 e. The van der Waals surface area contributed by atoms with E-state index in [4.69, 9.17) is 0 Å². The number of likely N-dealkylation sites (tertiary alicyclic amines) is 1. The molecule has 1 atom stereocenters. The number of amides is 1. The molecule has 1 amide bonds. The lowest BCUT2D eigenvalue weighted by Gasteiger charge is -2.23. The number of pyridine rings is 1. The Kier molecular flexibility index (Phi) is 4.22. The normalized spacial score (nSPS) is 19.7. The molecule has 1 aliphatic heterocycles. The molecule has 1 fully saturated rings. The Balaban J connectivity index is 1.50. The number of carbonyl (C=O) groups is 1. The van der Waals surface area contributed by atoms with Gasteiger partial charge in [-0.3, -0.25) is 9.78 Å². The van der Waals surface area contributed by atoms with Crippen LogP contribution in [0.2, 0.25) is 0 Å². The van der Waals surface area contributed by atoms with Gasteiger partial charge in [0.05, 0.1) is 24.8 Å². The molecule has 1 saturated heterocycles. The number of hydrogen-bond acceptors (Lipinski definition) is 5. The third kappa shape index (κ3) is 3.34. The molecule has 0 aliphatic carbocycles. The molecule has 7 heteroatoms. The molecule has 2 aromatic heterocycles. The summed E-state index contributed by atoms with van der Waals surface area (Å²) in [5, 5.41) is 18.4. The highest BCUT2D eigenvalue weighted by atomic mass is 16.3. The van der Waals surface area contributed by atoms with Crippen LogP contribution >= 0.6 is 0 Å². The Morgan fingerprint density at radius 2 is 2.04 bits per heavy atom. The van der Waals surface area contributed by atoms with Crippen LogP contribution in [0.25, 0.3) is 11.1 Å². The number of rotatable bonds is 4. The van der Waals surface area contributed by atoms with Crippen molar-refractivity contribution in [1.29, 1.82) is 0 Å². The minimum Gasteiger partial charge on any atom is -0.386 e. The van der Waals surface area contributed by atoms with Crippen molar-refractivity contribution in [2.45, 2.75) is 18.6 Å². The van der Waals surface area contributed by atoms with Crippen LogP contribution in [0, 0.1) is 0 Å². The topological polar surface area (TPSA) is 84.1 Å². The molecule has 0 radical (unpaired) electrons. The van der Waals surface area contributed by atoms with Crippen LogP contribution in [0.15, 0.2) is 61.2 Å². The molecule has 1 unspecified atom stereocenters. The number of β-amino-alcohol motifs (C(OH)–C–C–N with tert-alkyl or cyclic N) is 1. The lowest BCUT2D eigenvalue weighted by Crippen LogP contribution is -2.39. The number of benzene rings is 1. The molecule has 132 valence electrons. The zero-order valence-corrected chi connectivity index (χ0v) is 14.2. The van der Waals surface area contributed by atoms with Crippen LogP contribution in [-0.2, 0) is 6.54 Å². The van der Waals surface area contributed by atoms with Crippen molar-refractivity contribution in [3.05, 3.63) is 66.7 Å². The summed E-state index contributed by atoms with van der Waals surface area (Å²) in [6.45, 7) is 1.08. The summed E-state index contributed by atoms with van der Waals surface area (Å²) in [5.41, 5.74) is 1.44. The van der Waals surface area contributed by atoms with E-state index in [-0.39, 0.29) is 12.5 Å². The first-order chi connectivity index (χ1) is 12.6. The van der Waals surface area contributed by atoms with Gasteiger partial charge in [-0.1, -0.05) is 35.5 Å². The molecule has 0 bridgehead atoms. The Labute approximate surface area is 150 Å². The third-order valence-electron chi connectivity index (χ3n) is 4.64. The smallest absolute Gasteiger partial charge is 0.255 e. The summed E-state index contributed by atoms with van der Waals surface area (Å²) in [7, 11) is 0. The zero-order valence-electron chi connectivity index (χ0n) is 14.2. The highest BCUT2D eigenvalue weighted by Crippen LogP contribution is 2.25. The van der Waals surface area contributed by atoms with Crippen LogP contribution in [0.1, 0.15) is 16.8 Å². The number of hydrogen-bond donors (Lipinski definition) is 1. The first-order valence-electron chi connectivity index (χ1n) is 8.49. The van der Waals surface area contributed by atoms with Gasteiger partial charge in [-0.25, -0.2) is 4.68 Å². The van der Waals surface area contributed by atoms with E-state index < -0.39 is 5.60 Å². The average molecular weight is 349 g/mol. The maximum Gasteiger partial charge on any atom is 0.255 e. The Hall–Kier alpha value is -3.06. The number of nitrogens with zero attached hydrogens (tertiary/aromatic N) is 5. The lowest BCUT2D eigenvalue weighted by atomic mass is 10.0. The number of aromatic nitrogens is 4. The highest BCUT2D eigenvalue weighted by molar-refractivity contribution is 5.95. The van der Waals surface area contributed by atoms with Crippen LogP contribution < -0.4 is 0 Å². The summed E-state index contributed by atoms with van der Waals surface area (Å²) in [6.07, 6.45) is 7.10. The van der Waals surface area contributed by atoms with Gasteiger partial charge in [-0.15, -0.1) is 5.10 Å². The van der Waals surface area contributed by atoms with E-state index in [0.717, 1.165) is 11.1 Å². The lowest BCUT2D eigenvalue weighted by molar-refractivity contribution is 0.0267. The molecule has 1 aromatic carbocycles. The standard InChI is InChI=1S/C19H19N5O2/c25-18(17-10-16(11-20-12-17)15-4-2-1-3-5-15)23-8-6-19(26,13-23)14-24-9-7-21-22-24/h1-5,7,9-12,26H,6,8,13-14H2. The van der Waals surface area contributed by atoms with E-state index in [0.29, 0.717) is 25.1 Å². The maximum atomic E-state index is 12.9. The van der Waals surface area contributed by atoms with Crippen molar-refractivity contribution in [3.63, 3.8) is 0 Å². The SMILES string of the molecule is O=C(c1cncc(-c2ccccc2)c1)N1CCC(O)(Cn2ccnn2)C1. The monoisotopic (exact) mass is 349 g/mol. The first-order valence-corrected chi connectivity index (χ1v) is 8.49. The molecule has 4 rings (SSSR count). The summed E-state index contributed by atoms with van der Waals surface area (Å²) in [4.78, 5) is 18.7. The molecule has 26 heavy (non-hydrogen) atoms. The molecule has 0 spiro atoms. The van der Waals surface area contributed by atoms with E-state index >= 15 is 0 Å². The van der Waals surface area contributed by atoms with Gasteiger partial charge in [0, 0.05) is 30.7 Å². The Morgan fingerprint density at radius 1 is 1.19 bits per heavy atom. The predicted octanol–water partition coefficient (Wildman–Crippen LogP) is 1.62. The number of aliphatic hydroxyl groups is 1. The molecule has 1 aliphatic rings. The summed E-state index contributed by atoms with van der Waals surface area (Å²) in [5.74, 6) is -0.121. The fourth-order valence-corrected chi connectivity index (χ4v) is 3.31. The second kappa shape index (κ2) is 6.68. The van der Waals surface area contributed by atoms with Gasteiger partial charge in [0.1, 0.15) is 5.60 Å². The summed E-state index contributed by atoms with van der Waals surface area (Å²) >= 11 is 0. The Bertz CT molecular complexity index is 897. The van der Waals surface area contributed by atoms with E-state index in [1.54, 1.807) is 34.4 Å². The van der Waals surface area contributed by atoms with Gasteiger partial charge < -0.3 is 10.0 Å². The van der Waals surface area contributed by atoms with Crippen molar-refractivity contribution in [1.82, 2.24) is 24.9 Å². The van der Waals surface area contributed by atoms with Crippen molar-refractivity contribution >= 4 is 5.91 Å². The maximum absolute atomic E-state index is 12.9. The molecule has 7 nitrogen and oxygen atoms in total. The zero-order chi connectivity index (χ0) is 18.0. The van der Waals surface area contributed by atoms with Crippen molar-refractivity contribution in [3.8, 4) is 11.1 Å². The number of carbonyl (C=O) groups excluding carboxylic acids is 1. The molecular weight excluding hydrogens is 330 g/mol. The minimum atomic E-state index is -0.992.